The Morgan fingerprint density at radius 2 is 1.52 bits per heavy atom. The molecule has 0 amide bonds. The quantitative estimate of drug-likeness (QED) is 0.802. The van der Waals surface area contributed by atoms with Crippen molar-refractivity contribution < 1.29 is 17.7 Å². The fourth-order valence-electron chi connectivity index (χ4n) is 2.27. The molecule has 0 bridgehead atoms. The zero-order valence-corrected chi connectivity index (χ0v) is 14.1. The summed E-state index contributed by atoms with van der Waals surface area (Å²) in [7, 11) is -3.84. The van der Waals surface area contributed by atoms with Gasteiger partial charge < -0.3 is 9.31 Å². The lowest BCUT2D eigenvalue weighted by molar-refractivity contribution is 0.00578. The second-order valence-electron chi connectivity index (χ2n) is 6.70. The van der Waals surface area contributed by atoms with Crippen LogP contribution in [0.15, 0.2) is 35.2 Å². The van der Waals surface area contributed by atoms with Crippen molar-refractivity contribution in [1.82, 2.24) is 0 Å². The van der Waals surface area contributed by atoms with E-state index in [2.05, 4.69) is 0 Å². The highest BCUT2D eigenvalue weighted by atomic mass is 32.2. The summed E-state index contributed by atoms with van der Waals surface area (Å²) >= 11 is 0. The van der Waals surface area contributed by atoms with Gasteiger partial charge in [-0.1, -0.05) is 25.1 Å². The van der Waals surface area contributed by atoms with Crippen LogP contribution in [0.25, 0.3) is 0 Å². The Balaban J connectivity index is 2.11. The second kappa shape index (κ2) is 5.41. The van der Waals surface area contributed by atoms with E-state index in [-0.39, 0.29) is 11.6 Å². The Morgan fingerprint density at radius 3 is 2.00 bits per heavy atom. The van der Waals surface area contributed by atoms with Crippen molar-refractivity contribution in [2.45, 2.75) is 56.5 Å². The van der Waals surface area contributed by atoms with Gasteiger partial charge in [0.25, 0.3) is 0 Å². The largest absolute Gasteiger partial charge is 0.461 e. The molecule has 1 fully saturated rings. The van der Waals surface area contributed by atoms with Gasteiger partial charge in [0.1, 0.15) is 0 Å². The summed E-state index contributed by atoms with van der Waals surface area (Å²) in [6, 6.07) is 8.49. The summed E-state index contributed by atoms with van der Waals surface area (Å²) in [5.41, 5.74) is -0.884. The lowest BCUT2D eigenvalue weighted by Gasteiger charge is -2.32. The van der Waals surface area contributed by atoms with Gasteiger partial charge in [0, 0.05) is 5.82 Å². The molecule has 1 aliphatic heterocycles. The maximum atomic E-state index is 12.4. The third-order valence-electron chi connectivity index (χ3n) is 4.32. The van der Waals surface area contributed by atoms with E-state index in [1.54, 1.807) is 30.3 Å². The van der Waals surface area contributed by atoms with Crippen molar-refractivity contribution in [3.8, 4) is 0 Å². The molecule has 0 radical (unpaired) electrons. The fourth-order valence-corrected chi connectivity index (χ4v) is 3.88. The molecular weight excluding hydrogens is 287 g/mol. The molecule has 1 aromatic carbocycles. The van der Waals surface area contributed by atoms with Crippen molar-refractivity contribution >= 4 is 17.0 Å². The van der Waals surface area contributed by atoms with Gasteiger partial charge in [-0.3, -0.25) is 0 Å². The molecule has 1 unspecified atom stereocenters. The lowest BCUT2D eigenvalue weighted by Crippen LogP contribution is -2.41. The molecule has 4 nitrogen and oxygen atoms in total. The predicted octanol–water partition coefficient (Wildman–Crippen LogP) is 2.94. The molecule has 116 valence electrons. The smallest absolute Gasteiger partial charge is 0.403 e. The highest BCUT2D eigenvalue weighted by Gasteiger charge is 2.53. The van der Waals surface area contributed by atoms with Crippen LogP contribution in [0, 0.1) is 0 Å². The first kappa shape index (κ1) is 16.5. The van der Waals surface area contributed by atoms with Crippen molar-refractivity contribution in [1.29, 1.82) is 0 Å². The van der Waals surface area contributed by atoms with E-state index < -0.39 is 28.2 Å². The van der Waals surface area contributed by atoms with Gasteiger partial charge in [0.05, 0.1) is 21.9 Å². The van der Waals surface area contributed by atoms with E-state index in [0.717, 1.165) is 0 Å². The second-order valence-corrected chi connectivity index (χ2v) is 8.73. The maximum Gasteiger partial charge on any atom is 0.461 e. The number of sulfone groups is 1. The zero-order chi connectivity index (χ0) is 15.9. The highest BCUT2D eigenvalue weighted by Crippen LogP contribution is 2.40. The van der Waals surface area contributed by atoms with Crippen molar-refractivity contribution in [3.63, 3.8) is 0 Å². The van der Waals surface area contributed by atoms with Crippen molar-refractivity contribution in [3.05, 3.63) is 30.3 Å². The van der Waals surface area contributed by atoms with Crippen LogP contribution in [-0.2, 0) is 19.1 Å². The molecule has 0 spiro atoms. The Kier molecular flexibility index (Phi) is 4.26. The van der Waals surface area contributed by atoms with Crippen LogP contribution >= 0.6 is 0 Å². The van der Waals surface area contributed by atoms with E-state index in [4.69, 9.17) is 9.31 Å². The number of rotatable bonds is 4. The first-order valence-corrected chi connectivity index (χ1v) is 8.84. The van der Waals surface area contributed by atoms with Crippen LogP contribution < -0.4 is 0 Å². The minimum Gasteiger partial charge on any atom is -0.403 e. The first-order chi connectivity index (χ1) is 9.55. The van der Waals surface area contributed by atoms with Crippen LogP contribution in [0.4, 0.5) is 0 Å². The van der Waals surface area contributed by atoms with Crippen LogP contribution in [0.3, 0.4) is 0 Å². The molecule has 6 heteroatoms. The van der Waals surface area contributed by atoms with Gasteiger partial charge in [0.2, 0.25) is 0 Å². The van der Waals surface area contributed by atoms with E-state index in [0.29, 0.717) is 4.90 Å². The molecular formula is C15H23BO4S. The van der Waals surface area contributed by atoms with Crippen molar-refractivity contribution in [2.24, 2.45) is 0 Å². The molecule has 1 atom stereocenters. The zero-order valence-electron chi connectivity index (χ0n) is 13.3. The maximum absolute atomic E-state index is 12.4. The summed E-state index contributed by atoms with van der Waals surface area (Å²) < 4.78 is 36.7. The molecule has 0 aromatic heterocycles. The van der Waals surface area contributed by atoms with Gasteiger partial charge in [-0.05, 0) is 39.8 Å². The molecule has 0 N–H and O–H groups in total. The minimum atomic E-state index is -3.33. The van der Waals surface area contributed by atoms with Crippen LogP contribution in [0.1, 0.15) is 34.6 Å². The van der Waals surface area contributed by atoms with Crippen LogP contribution in [0.2, 0.25) is 5.82 Å². The lowest BCUT2D eigenvalue weighted by atomic mass is 9.74. The molecule has 2 rings (SSSR count). The van der Waals surface area contributed by atoms with Gasteiger partial charge in [-0.25, -0.2) is 8.42 Å². The summed E-state index contributed by atoms with van der Waals surface area (Å²) in [6.07, 6.45) is 0. The monoisotopic (exact) mass is 310 g/mol. The van der Waals surface area contributed by atoms with E-state index in [1.807, 2.05) is 34.6 Å². The molecule has 1 saturated heterocycles. The molecule has 1 aromatic rings. The fraction of sp³-hybridized carbons (Fsp3) is 0.600. The Hall–Kier alpha value is -0.845. The Bertz CT molecular complexity index is 579. The van der Waals surface area contributed by atoms with Crippen LogP contribution in [0.5, 0.6) is 0 Å². The van der Waals surface area contributed by atoms with E-state index in [1.165, 1.54) is 0 Å². The third-order valence-corrected chi connectivity index (χ3v) is 6.28. The highest BCUT2D eigenvalue weighted by molar-refractivity contribution is 7.91. The summed E-state index contributed by atoms with van der Waals surface area (Å²) in [4.78, 5) is 0.341. The molecule has 0 saturated carbocycles. The average molecular weight is 310 g/mol. The first-order valence-electron chi connectivity index (χ1n) is 7.19. The van der Waals surface area contributed by atoms with Crippen LogP contribution in [-0.4, -0.2) is 32.5 Å². The third kappa shape index (κ3) is 3.33. The van der Waals surface area contributed by atoms with Gasteiger partial charge in [0.15, 0.2) is 9.84 Å². The summed E-state index contributed by atoms with van der Waals surface area (Å²) in [5, 5.41) is 0. The van der Waals surface area contributed by atoms with Gasteiger partial charge >= 0.3 is 7.12 Å². The molecule has 1 heterocycles. The Morgan fingerprint density at radius 1 is 1.05 bits per heavy atom. The molecule has 21 heavy (non-hydrogen) atoms. The number of hydrogen-bond acceptors (Lipinski definition) is 4. The van der Waals surface area contributed by atoms with Gasteiger partial charge in [-0.2, -0.15) is 0 Å². The predicted molar refractivity (Wildman–Crippen MR) is 84.0 cm³/mol. The molecule has 0 aliphatic carbocycles. The normalized spacial score (nSPS) is 22.2. The topological polar surface area (TPSA) is 52.6 Å². The summed E-state index contributed by atoms with van der Waals surface area (Å²) in [5.74, 6) is -0.232. The van der Waals surface area contributed by atoms with Crippen molar-refractivity contribution in [2.75, 3.05) is 5.75 Å². The summed E-state index contributed by atoms with van der Waals surface area (Å²) in [6.45, 7) is 9.70. The number of hydrogen-bond donors (Lipinski definition) is 0. The van der Waals surface area contributed by atoms with E-state index in [9.17, 15) is 8.42 Å². The molecule has 1 aliphatic rings. The van der Waals surface area contributed by atoms with E-state index >= 15 is 0 Å². The standard InChI is InChI=1S/C15H23BO4S/c1-12(16-19-14(2,3)15(4,5)20-16)11-21(17,18)13-9-7-6-8-10-13/h6-10,12H,11H2,1-5H3. The minimum absolute atomic E-state index is 0.00778. The average Bonchev–Trinajstić information content (AvgIpc) is 2.59. The SMILES string of the molecule is CC(CS(=O)(=O)c1ccccc1)B1OC(C)(C)C(C)(C)O1. The number of benzene rings is 1. The Labute approximate surface area is 127 Å². The van der Waals surface area contributed by atoms with Gasteiger partial charge in [-0.15, -0.1) is 0 Å².